The summed E-state index contributed by atoms with van der Waals surface area (Å²) in [5.74, 6) is 1.46. The van der Waals surface area contributed by atoms with Crippen LogP contribution in [0.2, 0.25) is 0 Å². The molecule has 0 bridgehead atoms. The molecule has 0 aliphatic heterocycles. The zero-order valence-corrected chi connectivity index (χ0v) is 10.2. The molecule has 0 aromatic carbocycles. The van der Waals surface area contributed by atoms with Gasteiger partial charge >= 0.3 is 0 Å². The van der Waals surface area contributed by atoms with Crippen LogP contribution in [-0.2, 0) is 0 Å². The minimum Gasteiger partial charge on any atom is -0.390 e. The second kappa shape index (κ2) is 4.86. The van der Waals surface area contributed by atoms with Crippen LogP contribution in [0.5, 0.6) is 0 Å². The Morgan fingerprint density at radius 2 is 1.67 bits per heavy atom. The maximum atomic E-state index is 10.7. The van der Waals surface area contributed by atoms with Gasteiger partial charge in [0.25, 0.3) is 0 Å². The lowest BCUT2D eigenvalue weighted by Crippen LogP contribution is -2.44. The normalized spacial score (nSPS) is 39.2. The Hall–Kier alpha value is -0.0400. The van der Waals surface area contributed by atoms with Crippen LogP contribution in [0.15, 0.2) is 0 Å². The van der Waals surface area contributed by atoms with Gasteiger partial charge in [-0.1, -0.05) is 51.9 Å². The summed E-state index contributed by atoms with van der Waals surface area (Å²) in [4.78, 5) is 0. The van der Waals surface area contributed by atoms with Crippen LogP contribution in [0, 0.1) is 11.8 Å². The first-order valence-electron chi connectivity index (χ1n) is 6.98. The first-order valence-corrected chi connectivity index (χ1v) is 6.98. The van der Waals surface area contributed by atoms with E-state index in [4.69, 9.17) is 0 Å². The largest absolute Gasteiger partial charge is 0.390 e. The number of hydrogen-bond donors (Lipinski definition) is 1. The van der Waals surface area contributed by atoms with Crippen LogP contribution in [0.4, 0.5) is 0 Å². The molecule has 0 amide bonds. The van der Waals surface area contributed by atoms with Crippen molar-refractivity contribution in [3.8, 4) is 0 Å². The predicted molar refractivity (Wildman–Crippen MR) is 63.8 cm³/mol. The molecule has 0 aromatic rings. The van der Waals surface area contributed by atoms with Crippen molar-refractivity contribution in [2.75, 3.05) is 0 Å². The van der Waals surface area contributed by atoms with E-state index in [-0.39, 0.29) is 5.60 Å². The van der Waals surface area contributed by atoms with Gasteiger partial charge in [-0.15, -0.1) is 0 Å². The minimum absolute atomic E-state index is 0.305. The van der Waals surface area contributed by atoms with Crippen LogP contribution >= 0.6 is 0 Å². The summed E-state index contributed by atoms with van der Waals surface area (Å²) in [6.07, 6.45) is 12.9. The Kier molecular flexibility index (Phi) is 3.71. The van der Waals surface area contributed by atoms with Gasteiger partial charge in [-0.25, -0.2) is 0 Å². The molecule has 0 heterocycles. The quantitative estimate of drug-likeness (QED) is 0.733. The molecule has 2 atom stereocenters. The van der Waals surface area contributed by atoms with Gasteiger partial charge in [0, 0.05) is 0 Å². The van der Waals surface area contributed by atoms with Crippen molar-refractivity contribution < 1.29 is 5.11 Å². The van der Waals surface area contributed by atoms with Crippen LogP contribution in [0.1, 0.15) is 71.1 Å². The van der Waals surface area contributed by atoms with Crippen molar-refractivity contribution in [2.45, 2.75) is 76.7 Å². The highest BCUT2D eigenvalue weighted by molar-refractivity contribution is 4.93. The Balaban J connectivity index is 2.03. The molecule has 2 aliphatic carbocycles. The number of rotatable bonds is 2. The zero-order chi connectivity index (χ0) is 10.7. The van der Waals surface area contributed by atoms with Crippen LogP contribution < -0.4 is 0 Å². The molecule has 1 N–H and O–H groups in total. The molecule has 2 rings (SSSR count). The highest BCUT2D eigenvalue weighted by Crippen LogP contribution is 2.45. The third-order valence-corrected chi connectivity index (χ3v) is 4.90. The molecule has 0 radical (unpaired) electrons. The van der Waals surface area contributed by atoms with Crippen molar-refractivity contribution in [1.82, 2.24) is 0 Å². The zero-order valence-electron chi connectivity index (χ0n) is 10.2. The van der Waals surface area contributed by atoms with Gasteiger partial charge in [-0.3, -0.25) is 0 Å². The fraction of sp³-hybridized carbons (Fsp3) is 1.00. The van der Waals surface area contributed by atoms with E-state index in [1.54, 1.807) is 0 Å². The maximum absolute atomic E-state index is 10.7. The van der Waals surface area contributed by atoms with Crippen LogP contribution in [0.3, 0.4) is 0 Å². The summed E-state index contributed by atoms with van der Waals surface area (Å²) < 4.78 is 0. The summed E-state index contributed by atoms with van der Waals surface area (Å²) >= 11 is 0. The first-order chi connectivity index (χ1) is 7.26. The molecule has 0 spiro atoms. The van der Waals surface area contributed by atoms with E-state index in [0.717, 1.165) is 18.8 Å². The van der Waals surface area contributed by atoms with Crippen molar-refractivity contribution in [2.24, 2.45) is 11.8 Å². The molecule has 0 aromatic heterocycles. The van der Waals surface area contributed by atoms with E-state index < -0.39 is 0 Å². The lowest BCUT2D eigenvalue weighted by atomic mass is 9.65. The molecule has 2 saturated carbocycles. The van der Waals surface area contributed by atoms with Crippen molar-refractivity contribution in [3.05, 3.63) is 0 Å². The SMILES string of the molecule is CCC1(O)CCCCC1C1CCCCC1. The summed E-state index contributed by atoms with van der Waals surface area (Å²) in [6, 6.07) is 0. The van der Waals surface area contributed by atoms with Crippen LogP contribution in [0.25, 0.3) is 0 Å². The van der Waals surface area contributed by atoms with Gasteiger partial charge in [0.2, 0.25) is 0 Å². The summed E-state index contributed by atoms with van der Waals surface area (Å²) in [5, 5.41) is 10.7. The monoisotopic (exact) mass is 210 g/mol. The summed E-state index contributed by atoms with van der Waals surface area (Å²) in [5.41, 5.74) is -0.305. The third-order valence-electron chi connectivity index (χ3n) is 4.90. The molecular weight excluding hydrogens is 184 g/mol. The van der Waals surface area contributed by atoms with E-state index in [2.05, 4.69) is 6.92 Å². The smallest absolute Gasteiger partial charge is 0.0675 e. The van der Waals surface area contributed by atoms with Gasteiger partial charge < -0.3 is 5.11 Å². The lowest BCUT2D eigenvalue weighted by Gasteiger charge is -2.45. The minimum atomic E-state index is -0.305. The number of aliphatic hydroxyl groups is 1. The average molecular weight is 210 g/mol. The molecule has 1 nitrogen and oxygen atoms in total. The van der Waals surface area contributed by atoms with Gasteiger partial charge in [-0.05, 0) is 31.1 Å². The molecule has 2 unspecified atom stereocenters. The Morgan fingerprint density at radius 1 is 1.00 bits per heavy atom. The van der Waals surface area contributed by atoms with E-state index in [0.29, 0.717) is 5.92 Å². The molecule has 15 heavy (non-hydrogen) atoms. The van der Waals surface area contributed by atoms with Crippen molar-refractivity contribution in [3.63, 3.8) is 0 Å². The highest BCUT2D eigenvalue weighted by Gasteiger charge is 2.41. The Bertz CT molecular complexity index is 196. The summed E-state index contributed by atoms with van der Waals surface area (Å²) in [6.45, 7) is 2.17. The molecule has 0 saturated heterocycles. The second-order valence-corrected chi connectivity index (χ2v) is 5.71. The highest BCUT2D eigenvalue weighted by atomic mass is 16.3. The van der Waals surface area contributed by atoms with E-state index in [1.165, 1.54) is 51.4 Å². The van der Waals surface area contributed by atoms with Gasteiger partial charge in [0.05, 0.1) is 5.60 Å². The van der Waals surface area contributed by atoms with Crippen molar-refractivity contribution >= 4 is 0 Å². The molecule has 1 heteroatoms. The van der Waals surface area contributed by atoms with Gasteiger partial charge in [0.1, 0.15) is 0 Å². The molecule has 2 fully saturated rings. The fourth-order valence-electron chi connectivity index (χ4n) is 3.90. The standard InChI is InChI=1S/C14H26O/c1-2-14(15)11-7-6-10-13(14)12-8-4-3-5-9-12/h12-13,15H,2-11H2,1H3. The molecule has 2 aliphatic rings. The topological polar surface area (TPSA) is 20.2 Å². The summed E-state index contributed by atoms with van der Waals surface area (Å²) in [7, 11) is 0. The van der Waals surface area contributed by atoms with E-state index in [1.807, 2.05) is 0 Å². The van der Waals surface area contributed by atoms with Gasteiger partial charge in [0.15, 0.2) is 0 Å². The maximum Gasteiger partial charge on any atom is 0.0675 e. The molecule has 88 valence electrons. The van der Waals surface area contributed by atoms with E-state index in [9.17, 15) is 5.11 Å². The lowest BCUT2D eigenvalue weighted by molar-refractivity contribution is -0.0796. The van der Waals surface area contributed by atoms with Crippen LogP contribution in [-0.4, -0.2) is 10.7 Å². The first kappa shape index (κ1) is 11.4. The fourth-order valence-corrected chi connectivity index (χ4v) is 3.90. The third kappa shape index (κ3) is 2.38. The Labute approximate surface area is 94.3 Å². The molecular formula is C14H26O. The average Bonchev–Trinajstić information content (AvgIpc) is 2.31. The van der Waals surface area contributed by atoms with Gasteiger partial charge in [-0.2, -0.15) is 0 Å². The Morgan fingerprint density at radius 3 is 2.33 bits per heavy atom. The predicted octanol–water partition coefficient (Wildman–Crippen LogP) is 3.90. The second-order valence-electron chi connectivity index (χ2n) is 5.71. The number of hydrogen-bond acceptors (Lipinski definition) is 1. The van der Waals surface area contributed by atoms with Crippen molar-refractivity contribution in [1.29, 1.82) is 0 Å². The van der Waals surface area contributed by atoms with E-state index >= 15 is 0 Å².